The topological polar surface area (TPSA) is 6.48 Å². The lowest BCUT2D eigenvalue weighted by Gasteiger charge is -2.29. The summed E-state index contributed by atoms with van der Waals surface area (Å²) in [6.07, 6.45) is 0. The number of rotatable bonds is 7. The average molecular weight is 725 g/mol. The summed E-state index contributed by atoms with van der Waals surface area (Å²) in [5.74, 6) is -1.03. The zero-order valence-corrected chi connectivity index (χ0v) is 30.3. The van der Waals surface area contributed by atoms with Gasteiger partial charge in [0.2, 0.25) is 0 Å². The zero-order chi connectivity index (χ0) is 37.6. The number of hydrogen-bond acceptors (Lipinski definition) is 2. The summed E-state index contributed by atoms with van der Waals surface area (Å²) >= 11 is 0. The van der Waals surface area contributed by atoms with Gasteiger partial charge in [0.1, 0.15) is 11.6 Å². The molecule has 10 rings (SSSR count). The number of para-hydroxylation sites is 2. The van der Waals surface area contributed by atoms with E-state index in [0.717, 1.165) is 65.8 Å². The van der Waals surface area contributed by atoms with Crippen molar-refractivity contribution in [2.24, 2.45) is 0 Å². The van der Waals surface area contributed by atoms with Gasteiger partial charge in [0.15, 0.2) is 0 Å². The van der Waals surface area contributed by atoms with Crippen LogP contribution >= 0.6 is 0 Å². The Kier molecular flexibility index (Phi) is 8.23. The molecule has 0 aliphatic heterocycles. The molecule has 0 aliphatic carbocycles. The van der Waals surface area contributed by atoms with Gasteiger partial charge in [-0.15, -0.1) is 0 Å². The van der Waals surface area contributed by atoms with E-state index < -0.39 is 11.6 Å². The number of anilines is 6. The van der Waals surface area contributed by atoms with E-state index in [-0.39, 0.29) is 11.1 Å². The van der Waals surface area contributed by atoms with Gasteiger partial charge < -0.3 is 9.80 Å². The maximum absolute atomic E-state index is 16.7. The van der Waals surface area contributed by atoms with Crippen molar-refractivity contribution in [1.29, 1.82) is 0 Å². The van der Waals surface area contributed by atoms with Gasteiger partial charge in [-0.25, -0.2) is 8.78 Å². The van der Waals surface area contributed by atoms with Crippen LogP contribution in [-0.2, 0) is 0 Å². The standard InChI is InChI=1S/C52H34F2N2/c53-49-33-41(55(39-19-3-1-4-20-39)51-43-23-11-7-15-35(43)31-36-16-8-12-24-44(36)51)27-29-47(49)48-30-28-42(34-50(48)54)56(40-21-5-2-6-22-40)52-45-25-13-9-17-37(45)32-38-18-10-14-26-46(38)52/h1-34H. The van der Waals surface area contributed by atoms with Gasteiger partial charge >= 0.3 is 0 Å². The second kappa shape index (κ2) is 13.8. The molecular weight excluding hydrogens is 691 g/mol. The molecule has 0 saturated carbocycles. The number of nitrogens with zero attached hydrogens (tertiary/aromatic N) is 2. The molecule has 0 atom stereocenters. The van der Waals surface area contributed by atoms with Gasteiger partial charge in [-0.1, -0.05) is 133 Å². The van der Waals surface area contributed by atoms with Gasteiger partial charge in [-0.3, -0.25) is 0 Å². The van der Waals surface area contributed by atoms with Crippen LogP contribution in [0.3, 0.4) is 0 Å². The smallest absolute Gasteiger partial charge is 0.133 e. The highest BCUT2D eigenvalue weighted by molar-refractivity contribution is 6.15. The molecule has 2 nitrogen and oxygen atoms in total. The summed E-state index contributed by atoms with van der Waals surface area (Å²) in [6.45, 7) is 0. The molecule has 0 fully saturated rings. The Morgan fingerprint density at radius 2 is 0.571 bits per heavy atom. The highest BCUT2D eigenvalue weighted by Crippen LogP contribution is 2.47. The summed E-state index contributed by atoms with van der Waals surface area (Å²) in [4.78, 5) is 4.20. The van der Waals surface area contributed by atoms with Crippen LogP contribution in [0, 0.1) is 11.6 Å². The molecule has 0 spiro atoms. The molecule has 0 bridgehead atoms. The molecule has 10 aromatic rings. The number of fused-ring (bicyclic) bond motifs is 4. The third kappa shape index (κ3) is 5.71. The molecule has 4 heteroatoms. The van der Waals surface area contributed by atoms with Crippen molar-refractivity contribution in [2.45, 2.75) is 0 Å². The zero-order valence-electron chi connectivity index (χ0n) is 30.3. The van der Waals surface area contributed by atoms with Crippen LogP contribution in [0.25, 0.3) is 54.2 Å². The predicted molar refractivity (Wildman–Crippen MR) is 231 cm³/mol. The van der Waals surface area contributed by atoms with Crippen LogP contribution in [-0.4, -0.2) is 0 Å². The molecule has 0 unspecified atom stereocenters. The third-order valence-electron chi connectivity index (χ3n) is 10.7. The molecule has 0 radical (unpaired) electrons. The minimum atomic E-state index is -0.514. The van der Waals surface area contributed by atoms with Crippen LogP contribution < -0.4 is 9.80 Å². The monoisotopic (exact) mass is 724 g/mol. The van der Waals surface area contributed by atoms with E-state index in [1.54, 1.807) is 12.1 Å². The molecule has 0 saturated heterocycles. The molecule has 0 heterocycles. The van der Waals surface area contributed by atoms with Crippen LogP contribution in [0.4, 0.5) is 42.9 Å². The largest absolute Gasteiger partial charge is 0.309 e. The Morgan fingerprint density at radius 3 is 0.893 bits per heavy atom. The third-order valence-corrected chi connectivity index (χ3v) is 10.7. The molecule has 10 aromatic carbocycles. The van der Waals surface area contributed by atoms with Crippen molar-refractivity contribution in [2.75, 3.05) is 9.80 Å². The first kappa shape index (κ1) is 33.3. The minimum absolute atomic E-state index is 0.190. The molecule has 266 valence electrons. The fourth-order valence-electron chi connectivity index (χ4n) is 8.15. The van der Waals surface area contributed by atoms with Crippen molar-refractivity contribution in [1.82, 2.24) is 0 Å². The number of hydrogen-bond donors (Lipinski definition) is 0. The molecule has 0 amide bonds. The highest BCUT2D eigenvalue weighted by Gasteiger charge is 2.23. The first-order valence-electron chi connectivity index (χ1n) is 18.7. The average Bonchev–Trinajstić information content (AvgIpc) is 3.24. The van der Waals surface area contributed by atoms with E-state index in [9.17, 15) is 0 Å². The lowest BCUT2D eigenvalue weighted by molar-refractivity contribution is 0.616. The molecule has 0 aliphatic rings. The van der Waals surface area contributed by atoms with Gasteiger partial charge in [-0.05, 0) is 94.3 Å². The number of halogens is 2. The lowest BCUT2D eigenvalue weighted by atomic mass is 9.98. The number of benzene rings is 10. The lowest BCUT2D eigenvalue weighted by Crippen LogP contribution is -2.12. The predicted octanol–water partition coefficient (Wildman–Crippen LogP) is 15.2. The minimum Gasteiger partial charge on any atom is -0.309 e. The summed E-state index contributed by atoms with van der Waals surface area (Å²) in [6, 6.07) is 67.6. The SMILES string of the molecule is Fc1cc(N(c2ccccc2)c2c3ccccc3cc3ccccc23)ccc1-c1ccc(N(c2ccccc2)c2c3ccccc3cc3ccccc23)cc1F. The van der Waals surface area contributed by atoms with Crippen LogP contribution in [0.5, 0.6) is 0 Å². The van der Waals surface area contributed by atoms with Crippen molar-refractivity contribution in [3.05, 3.63) is 218 Å². The maximum atomic E-state index is 16.7. The fourth-order valence-corrected chi connectivity index (χ4v) is 8.15. The summed E-state index contributed by atoms with van der Waals surface area (Å²) in [5.41, 5.74) is 5.33. The van der Waals surface area contributed by atoms with Crippen molar-refractivity contribution in [3.63, 3.8) is 0 Å². The van der Waals surface area contributed by atoms with Crippen LogP contribution in [0.2, 0.25) is 0 Å². The summed E-state index contributed by atoms with van der Waals surface area (Å²) in [5, 5.41) is 8.52. The Balaban J connectivity index is 1.11. The molecule has 0 N–H and O–H groups in total. The second-order valence-electron chi connectivity index (χ2n) is 14.0. The van der Waals surface area contributed by atoms with Gasteiger partial charge in [0.05, 0.1) is 11.4 Å². The van der Waals surface area contributed by atoms with Crippen LogP contribution in [0.1, 0.15) is 0 Å². The van der Waals surface area contributed by atoms with E-state index in [2.05, 4.69) is 70.5 Å². The van der Waals surface area contributed by atoms with E-state index in [1.807, 2.05) is 121 Å². The van der Waals surface area contributed by atoms with Crippen molar-refractivity contribution in [3.8, 4) is 11.1 Å². The van der Waals surface area contributed by atoms with E-state index >= 15 is 8.78 Å². The van der Waals surface area contributed by atoms with E-state index in [0.29, 0.717) is 11.4 Å². The Labute approximate surface area is 323 Å². The highest BCUT2D eigenvalue weighted by atomic mass is 19.1. The quantitative estimate of drug-likeness (QED) is 0.151. The van der Waals surface area contributed by atoms with Gasteiger partial charge in [0.25, 0.3) is 0 Å². The first-order chi connectivity index (χ1) is 27.6. The fraction of sp³-hybridized carbons (Fsp3) is 0. The van der Waals surface area contributed by atoms with E-state index in [4.69, 9.17) is 0 Å². The maximum Gasteiger partial charge on any atom is 0.133 e. The van der Waals surface area contributed by atoms with Gasteiger partial charge in [-0.2, -0.15) is 0 Å². The Hall–Kier alpha value is -7.30. The normalized spacial score (nSPS) is 11.4. The van der Waals surface area contributed by atoms with Crippen molar-refractivity contribution >= 4 is 77.2 Å². The Morgan fingerprint density at radius 1 is 0.268 bits per heavy atom. The van der Waals surface area contributed by atoms with Gasteiger partial charge in [0, 0.05) is 55.4 Å². The summed E-state index contributed by atoms with van der Waals surface area (Å²) < 4.78 is 33.3. The van der Waals surface area contributed by atoms with E-state index in [1.165, 1.54) is 12.1 Å². The Bertz CT molecular complexity index is 2750. The second-order valence-corrected chi connectivity index (χ2v) is 14.0. The molecule has 56 heavy (non-hydrogen) atoms. The molecular formula is C52H34F2N2. The van der Waals surface area contributed by atoms with Crippen molar-refractivity contribution < 1.29 is 8.78 Å². The molecule has 0 aromatic heterocycles. The van der Waals surface area contributed by atoms with Crippen LogP contribution in [0.15, 0.2) is 206 Å². The first-order valence-corrected chi connectivity index (χ1v) is 18.7. The summed E-state index contributed by atoms with van der Waals surface area (Å²) in [7, 11) is 0.